The third-order valence-corrected chi connectivity index (χ3v) is 6.99. The van der Waals surface area contributed by atoms with E-state index in [1.165, 1.54) is 24.5 Å². The minimum Gasteiger partial charge on any atom is -0.365 e. The minimum absolute atomic E-state index is 0.0737. The monoisotopic (exact) mass is 465 g/mol. The maximum Gasteiger partial charge on any atom is 0.261 e. The molecule has 0 radical (unpaired) electrons. The van der Waals surface area contributed by atoms with E-state index < -0.39 is 15.9 Å². The first kappa shape index (κ1) is 22.3. The molecule has 2 unspecified atom stereocenters. The number of nitriles is 1. The van der Waals surface area contributed by atoms with Gasteiger partial charge in [0.25, 0.3) is 15.9 Å². The van der Waals surface area contributed by atoms with Gasteiger partial charge in [-0.15, -0.1) is 0 Å². The van der Waals surface area contributed by atoms with Crippen molar-refractivity contribution in [3.8, 4) is 6.07 Å². The predicted molar refractivity (Wildman–Crippen MR) is 122 cm³/mol. The number of primary amides is 1. The van der Waals surface area contributed by atoms with E-state index in [-0.39, 0.29) is 28.2 Å². The second kappa shape index (κ2) is 9.30. The largest absolute Gasteiger partial charge is 0.365 e. The van der Waals surface area contributed by atoms with Crippen LogP contribution in [0.2, 0.25) is 0 Å². The molecule has 170 valence electrons. The van der Waals surface area contributed by atoms with E-state index in [9.17, 15) is 18.5 Å². The summed E-state index contributed by atoms with van der Waals surface area (Å²) in [7, 11) is -3.77. The number of nitrogens with two attached hydrogens (primary N) is 1. The van der Waals surface area contributed by atoms with E-state index in [2.05, 4.69) is 26.2 Å². The van der Waals surface area contributed by atoms with Gasteiger partial charge in [-0.25, -0.2) is 8.42 Å². The molecule has 0 aliphatic heterocycles. The Kier molecular flexibility index (Phi) is 6.28. The third kappa shape index (κ3) is 4.96. The van der Waals surface area contributed by atoms with Crippen LogP contribution in [0.4, 0.5) is 17.2 Å². The van der Waals surface area contributed by atoms with Crippen LogP contribution in [0.5, 0.6) is 0 Å². The molecule has 1 aliphatic rings. The number of nitrogens with zero attached hydrogens (tertiary/aromatic N) is 4. The fraction of sp³-hybridized carbons (Fsp3) is 0.273. The van der Waals surface area contributed by atoms with Crippen LogP contribution in [0, 0.1) is 17.2 Å². The molecule has 1 saturated carbocycles. The van der Waals surface area contributed by atoms with Crippen molar-refractivity contribution in [3.63, 3.8) is 0 Å². The molecule has 0 spiro atoms. The number of carbonyl (C=O) groups is 1. The smallest absolute Gasteiger partial charge is 0.261 e. The van der Waals surface area contributed by atoms with Crippen LogP contribution in [0.25, 0.3) is 0 Å². The van der Waals surface area contributed by atoms with Crippen LogP contribution in [0.15, 0.2) is 59.9 Å². The highest BCUT2D eigenvalue weighted by atomic mass is 32.2. The van der Waals surface area contributed by atoms with Crippen molar-refractivity contribution in [2.45, 2.75) is 36.6 Å². The lowest BCUT2D eigenvalue weighted by Gasteiger charge is -2.26. The number of benzene rings is 1. The average molecular weight is 466 g/mol. The van der Waals surface area contributed by atoms with Gasteiger partial charge in [-0.05, 0) is 49.2 Å². The van der Waals surface area contributed by atoms with Crippen molar-refractivity contribution in [2.75, 3.05) is 10.0 Å². The van der Waals surface area contributed by atoms with Gasteiger partial charge in [-0.2, -0.15) is 10.4 Å². The zero-order valence-electron chi connectivity index (χ0n) is 17.7. The van der Waals surface area contributed by atoms with E-state index in [0.29, 0.717) is 11.4 Å². The summed E-state index contributed by atoms with van der Waals surface area (Å²) in [5, 5.41) is 17.0. The third-order valence-electron chi connectivity index (χ3n) is 5.59. The Morgan fingerprint density at radius 2 is 1.79 bits per heavy atom. The molecule has 4 N–H and O–H groups in total. The Morgan fingerprint density at radius 1 is 1.09 bits per heavy atom. The number of nitrogens with one attached hydrogen (secondary N) is 2. The van der Waals surface area contributed by atoms with Crippen LogP contribution in [-0.4, -0.2) is 29.1 Å². The number of hydrogen-bond donors (Lipinski definition) is 3. The van der Waals surface area contributed by atoms with E-state index in [1.807, 2.05) is 0 Å². The zero-order chi connectivity index (χ0) is 23.4. The van der Waals surface area contributed by atoms with Gasteiger partial charge in [0.2, 0.25) is 0 Å². The van der Waals surface area contributed by atoms with Crippen molar-refractivity contribution < 1.29 is 13.2 Å². The molecule has 1 aliphatic carbocycles. The summed E-state index contributed by atoms with van der Waals surface area (Å²) >= 11 is 0. The van der Waals surface area contributed by atoms with Gasteiger partial charge in [0, 0.05) is 24.3 Å². The zero-order valence-corrected chi connectivity index (χ0v) is 18.5. The standard InChI is InChI=1S/C22H23N7O3S/c23-13-15-3-1-2-4-20(15)29-14-19(21(24)30)22(27-29)26-16-5-7-18(8-6-16)33(31,32)28-17-9-11-25-12-10-17/h5-12,14-15,20H,1-4H2,(H2,24,30)(H,25,28)(H,26,27). The molecule has 4 rings (SSSR count). The quantitative estimate of drug-likeness (QED) is 0.484. The van der Waals surface area contributed by atoms with Gasteiger partial charge in [0.05, 0.1) is 28.6 Å². The maximum atomic E-state index is 12.6. The van der Waals surface area contributed by atoms with Crippen LogP contribution in [0.1, 0.15) is 42.1 Å². The van der Waals surface area contributed by atoms with Crippen molar-refractivity contribution in [2.24, 2.45) is 11.7 Å². The number of hydrogen-bond acceptors (Lipinski definition) is 7. The number of sulfonamides is 1. The topological polar surface area (TPSA) is 156 Å². The normalized spacial score (nSPS) is 18.3. The molecule has 2 aromatic heterocycles. The van der Waals surface area contributed by atoms with Gasteiger partial charge >= 0.3 is 0 Å². The molecule has 1 aromatic carbocycles. The summed E-state index contributed by atoms with van der Waals surface area (Å²) in [6.45, 7) is 0. The van der Waals surface area contributed by atoms with Gasteiger partial charge in [-0.3, -0.25) is 19.2 Å². The van der Waals surface area contributed by atoms with Gasteiger partial charge in [-0.1, -0.05) is 12.8 Å². The number of anilines is 3. The first-order chi connectivity index (χ1) is 15.9. The fourth-order valence-corrected chi connectivity index (χ4v) is 4.96. The second-order valence-corrected chi connectivity index (χ2v) is 9.50. The molecule has 2 atom stereocenters. The predicted octanol–water partition coefficient (Wildman–Crippen LogP) is 3.18. The highest BCUT2D eigenvalue weighted by molar-refractivity contribution is 7.92. The number of aromatic nitrogens is 3. The van der Waals surface area contributed by atoms with E-state index in [4.69, 9.17) is 5.73 Å². The second-order valence-electron chi connectivity index (χ2n) is 7.81. The van der Waals surface area contributed by atoms with Crippen molar-refractivity contribution >= 4 is 33.1 Å². The molecule has 3 aromatic rings. The molecule has 0 saturated heterocycles. The molecular weight excluding hydrogens is 442 g/mol. The molecule has 11 heteroatoms. The Bertz CT molecular complexity index is 1280. The first-order valence-electron chi connectivity index (χ1n) is 10.5. The Hall–Kier alpha value is -3.91. The molecule has 1 amide bonds. The molecule has 0 bridgehead atoms. The molecule has 2 heterocycles. The van der Waals surface area contributed by atoms with Gasteiger partial charge < -0.3 is 11.1 Å². The lowest BCUT2D eigenvalue weighted by molar-refractivity contribution is 0.100. The Morgan fingerprint density at radius 3 is 2.45 bits per heavy atom. The van der Waals surface area contributed by atoms with Crippen LogP contribution >= 0.6 is 0 Å². The summed E-state index contributed by atoms with van der Waals surface area (Å²) in [5.41, 5.74) is 6.68. The van der Waals surface area contributed by atoms with E-state index in [1.54, 1.807) is 35.1 Å². The Balaban J connectivity index is 1.55. The van der Waals surface area contributed by atoms with Crippen molar-refractivity contribution in [3.05, 3.63) is 60.6 Å². The molecular formula is C22H23N7O3S. The summed E-state index contributed by atoms with van der Waals surface area (Å²) < 4.78 is 29.3. The summed E-state index contributed by atoms with van der Waals surface area (Å²) in [6.07, 6.45) is 8.13. The highest BCUT2D eigenvalue weighted by Crippen LogP contribution is 2.34. The summed E-state index contributed by atoms with van der Waals surface area (Å²) in [6, 6.07) is 11.4. The van der Waals surface area contributed by atoms with Crippen molar-refractivity contribution in [1.29, 1.82) is 5.26 Å². The van der Waals surface area contributed by atoms with Gasteiger partial charge in [0.15, 0.2) is 5.82 Å². The Labute approximate surface area is 191 Å². The van der Waals surface area contributed by atoms with Crippen LogP contribution in [-0.2, 0) is 10.0 Å². The van der Waals surface area contributed by atoms with Crippen molar-refractivity contribution in [1.82, 2.24) is 14.8 Å². The van der Waals surface area contributed by atoms with Gasteiger partial charge in [0.1, 0.15) is 5.56 Å². The maximum absolute atomic E-state index is 12.6. The first-order valence-corrected chi connectivity index (χ1v) is 11.9. The fourth-order valence-electron chi connectivity index (χ4n) is 3.90. The van der Waals surface area contributed by atoms with Crippen LogP contribution < -0.4 is 15.8 Å². The van der Waals surface area contributed by atoms with Crippen LogP contribution in [0.3, 0.4) is 0 Å². The number of pyridine rings is 1. The minimum atomic E-state index is -3.77. The molecule has 33 heavy (non-hydrogen) atoms. The lowest BCUT2D eigenvalue weighted by atomic mass is 9.85. The number of rotatable bonds is 7. The summed E-state index contributed by atoms with van der Waals surface area (Å²) in [4.78, 5) is 15.9. The van der Waals surface area contributed by atoms with E-state index >= 15 is 0 Å². The summed E-state index contributed by atoms with van der Waals surface area (Å²) in [5.74, 6) is -0.561. The number of amides is 1. The molecule has 1 fully saturated rings. The lowest BCUT2D eigenvalue weighted by Crippen LogP contribution is -2.22. The average Bonchev–Trinajstić information content (AvgIpc) is 3.23. The highest BCUT2D eigenvalue weighted by Gasteiger charge is 2.29. The molecule has 10 nitrogen and oxygen atoms in total. The SMILES string of the molecule is N#CC1CCCCC1n1cc(C(N)=O)c(Nc2ccc(S(=O)(=O)Nc3ccncc3)cc2)n1. The number of carbonyl (C=O) groups excluding carboxylic acids is 1. The van der Waals surface area contributed by atoms with E-state index in [0.717, 1.165) is 25.7 Å².